The van der Waals surface area contributed by atoms with Crippen molar-refractivity contribution in [3.8, 4) is 0 Å². The van der Waals surface area contributed by atoms with Crippen molar-refractivity contribution in [1.82, 2.24) is 0 Å². The van der Waals surface area contributed by atoms with E-state index in [0.717, 1.165) is 32.1 Å². The van der Waals surface area contributed by atoms with Gasteiger partial charge in [0.05, 0.1) is 11.5 Å². The maximum atomic E-state index is 12.8. The SMILES string of the molecule is C=CCCCCCCCCCO[C@@H]1OCCC[C@H]1[C@@H](Nc1cccc([N+](=O)[O-])c1)C(=O)OCC. The van der Waals surface area contributed by atoms with Crippen LogP contribution < -0.4 is 5.32 Å². The van der Waals surface area contributed by atoms with Gasteiger partial charge in [-0.15, -0.1) is 6.58 Å². The topological polar surface area (TPSA) is 99.9 Å². The van der Waals surface area contributed by atoms with Gasteiger partial charge in [-0.1, -0.05) is 44.2 Å². The van der Waals surface area contributed by atoms with Crippen LogP contribution in [-0.4, -0.2) is 43.0 Å². The molecule has 190 valence electrons. The van der Waals surface area contributed by atoms with E-state index in [1.54, 1.807) is 19.1 Å². The number of allylic oxidation sites excluding steroid dienone is 1. The van der Waals surface area contributed by atoms with Crippen LogP contribution in [0.5, 0.6) is 0 Å². The molecule has 0 bridgehead atoms. The third-order valence-electron chi connectivity index (χ3n) is 6.00. The lowest BCUT2D eigenvalue weighted by Crippen LogP contribution is -2.47. The van der Waals surface area contributed by atoms with Crippen LogP contribution in [0.3, 0.4) is 0 Å². The second kappa shape index (κ2) is 16.2. The number of esters is 1. The fourth-order valence-corrected chi connectivity index (χ4v) is 4.21. The molecule has 2 rings (SSSR count). The van der Waals surface area contributed by atoms with E-state index >= 15 is 0 Å². The summed E-state index contributed by atoms with van der Waals surface area (Å²) in [5.74, 6) is -0.661. The minimum atomic E-state index is -0.720. The van der Waals surface area contributed by atoms with Crippen LogP contribution in [0.2, 0.25) is 0 Å². The molecule has 8 heteroatoms. The van der Waals surface area contributed by atoms with Crippen LogP contribution in [0, 0.1) is 16.0 Å². The molecule has 1 aromatic carbocycles. The molecule has 0 saturated carbocycles. The average molecular weight is 477 g/mol. The van der Waals surface area contributed by atoms with Crippen molar-refractivity contribution in [2.24, 2.45) is 5.92 Å². The number of hydrogen-bond donors (Lipinski definition) is 1. The van der Waals surface area contributed by atoms with Crippen LogP contribution in [0.25, 0.3) is 0 Å². The summed E-state index contributed by atoms with van der Waals surface area (Å²) >= 11 is 0. The van der Waals surface area contributed by atoms with Crippen LogP contribution in [0.4, 0.5) is 11.4 Å². The van der Waals surface area contributed by atoms with Crippen LogP contribution in [-0.2, 0) is 19.0 Å². The maximum Gasteiger partial charge on any atom is 0.329 e. The smallest absolute Gasteiger partial charge is 0.329 e. The average Bonchev–Trinajstić information content (AvgIpc) is 2.84. The second-order valence-corrected chi connectivity index (χ2v) is 8.65. The summed E-state index contributed by atoms with van der Waals surface area (Å²) in [4.78, 5) is 23.5. The highest BCUT2D eigenvalue weighted by molar-refractivity contribution is 5.80. The summed E-state index contributed by atoms with van der Waals surface area (Å²) in [5.41, 5.74) is 0.450. The molecule has 1 heterocycles. The van der Waals surface area contributed by atoms with Gasteiger partial charge in [0.1, 0.15) is 6.04 Å². The molecule has 0 unspecified atom stereocenters. The van der Waals surface area contributed by atoms with E-state index in [2.05, 4.69) is 11.9 Å². The van der Waals surface area contributed by atoms with Crippen LogP contribution in [0.1, 0.15) is 71.1 Å². The molecule has 34 heavy (non-hydrogen) atoms. The van der Waals surface area contributed by atoms with Crippen molar-refractivity contribution in [2.75, 3.05) is 25.1 Å². The largest absolute Gasteiger partial charge is 0.464 e. The number of nitro groups is 1. The van der Waals surface area contributed by atoms with Gasteiger partial charge in [-0.3, -0.25) is 10.1 Å². The summed E-state index contributed by atoms with van der Waals surface area (Å²) in [6.45, 7) is 6.91. The molecule has 0 aromatic heterocycles. The molecule has 0 radical (unpaired) electrons. The number of non-ortho nitro benzene ring substituents is 1. The van der Waals surface area contributed by atoms with E-state index in [1.807, 2.05) is 6.08 Å². The van der Waals surface area contributed by atoms with E-state index in [-0.39, 0.29) is 18.2 Å². The van der Waals surface area contributed by atoms with E-state index in [1.165, 1.54) is 44.2 Å². The Hall–Kier alpha value is -2.45. The number of carbonyl (C=O) groups is 1. The zero-order chi connectivity index (χ0) is 24.6. The highest BCUT2D eigenvalue weighted by Crippen LogP contribution is 2.29. The van der Waals surface area contributed by atoms with Gasteiger partial charge >= 0.3 is 5.97 Å². The highest BCUT2D eigenvalue weighted by Gasteiger charge is 2.38. The maximum absolute atomic E-state index is 12.8. The molecular formula is C26H40N2O6. The van der Waals surface area contributed by atoms with E-state index in [9.17, 15) is 14.9 Å². The standard InChI is InChI=1S/C26H40N2O6/c1-3-5-6-7-8-9-10-11-12-18-33-26-23(17-14-19-34-26)24(25(29)32-4-2)27-21-15-13-16-22(20-21)28(30)31/h3,13,15-16,20,23-24,26-27H,1,4-12,14,17-19H2,2H3/t23-,24+,26+/m0/s1. The summed E-state index contributed by atoms with van der Waals surface area (Å²) in [5, 5.41) is 14.3. The molecule has 0 amide bonds. The Kier molecular flexibility index (Phi) is 13.3. The Morgan fingerprint density at radius 3 is 2.71 bits per heavy atom. The van der Waals surface area contributed by atoms with Gasteiger partial charge in [-0.25, -0.2) is 4.79 Å². The van der Waals surface area contributed by atoms with Crippen LogP contribution >= 0.6 is 0 Å². The highest BCUT2D eigenvalue weighted by atomic mass is 16.7. The minimum Gasteiger partial charge on any atom is -0.464 e. The van der Waals surface area contributed by atoms with Gasteiger partial charge in [0.25, 0.3) is 5.69 Å². The van der Waals surface area contributed by atoms with Gasteiger partial charge in [-0.05, 0) is 45.1 Å². The van der Waals surface area contributed by atoms with Crippen molar-refractivity contribution >= 4 is 17.3 Å². The van der Waals surface area contributed by atoms with Gasteiger partial charge in [0, 0.05) is 37.0 Å². The van der Waals surface area contributed by atoms with E-state index in [4.69, 9.17) is 14.2 Å². The Balaban J connectivity index is 1.90. The number of hydrogen-bond acceptors (Lipinski definition) is 7. The molecule has 1 aliphatic rings. The summed E-state index contributed by atoms with van der Waals surface area (Å²) < 4.78 is 17.3. The first kappa shape index (κ1) is 27.8. The monoisotopic (exact) mass is 476 g/mol. The predicted molar refractivity (Wildman–Crippen MR) is 133 cm³/mol. The number of unbranched alkanes of at least 4 members (excludes halogenated alkanes) is 7. The number of nitrogens with one attached hydrogen (secondary N) is 1. The lowest BCUT2D eigenvalue weighted by atomic mass is 9.91. The van der Waals surface area contributed by atoms with Gasteiger partial charge in [0.15, 0.2) is 6.29 Å². The van der Waals surface area contributed by atoms with E-state index < -0.39 is 23.2 Å². The summed E-state index contributed by atoms with van der Waals surface area (Å²) in [6, 6.07) is 5.41. The molecule has 1 aliphatic heterocycles. The van der Waals surface area contributed by atoms with Crippen LogP contribution in [0.15, 0.2) is 36.9 Å². The van der Waals surface area contributed by atoms with Gasteiger partial charge in [-0.2, -0.15) is 0 Å². The Bertz CT molecular complexity index is 757. The van der Waals surface area contributed by atoms with Gasteiger partial charge in [0.2, 0.25) is 0 Å². The quantitative estimate of drug-likeness (QED) is 0.0965. The molecule has 0 aliphatic carbocycles. The Labute approximate surface area is 203 Å². The number of nitro benzene ring substituents is 1. The normalized spacial score (nSPS) is 18.7. The first-order chi connectivity index (χ1) is 16.6. The number of ether oxygens (including phenoxy) is 3. The third kappa shape index (κ3) is 9.81. The molecule has 1 fully saturated rings. The lowest BCUT2D eigenvalue weighted by Gasteiger charge is -2.36. The van der Waals surface area contributed by atoms with Crippen molar-refractivity contribution < 1.29 is 23.9 Å². The minimum absolute atomic E-state index is 0.0407. The summed E-state index contributed by atoms with van der Waals surface area (Å²) in [6.07, 6.45) is 12.3. The second-order valence-electron chi connectivity index (χ2n) is 8.65. The molecule has 3 atom stereocenters. The van der Waals surface area contributed by atoms with Crippen molar-refractivity contribution in [3.63, 3.8) is 0 Å². The summed E-state index contributed by atoms with van der Waals surface area (Å²) in [7, 11) is 0. The zero-order valence-electron chi connectivity index (χ0n) is 20.4. The Morgan fingerprint density at radius 1 is 1.26 bits per heavy atom. The van der Waals surface area contributed by atoms with E-state index in [0.29, 0.717) is 18.9 Å². The predicted octanol–water partition coefficient (Wildman–Crippen LogP) is 6.01. The number of anilines is 1. The first-order valence-electron chi connectivity index (χ1n) is 12.6. The van der Waals surface area contributed by atoms with Crippen molar-refractivity contribution in [1.29, 1.82) is 0 Å². The molecule has 1 aromatic rings. The fraction of sp³-hybridized carbons (Fsp3) is 0.654. The number of nitrogens with zero attached hydrogens (tertiary/aromatic N) is 1. The molecule has 0 spiro atoms. The van der Waals surface area contributed by atoms with Crippen molar-refractivity contribution in [3.05, 3.63) is 47.0 Å². The first-order valence-corrected chi connectivity index (χ1v) is 12.6. The lowest BCUT2D eigenvalue weighted by molar-refractivity contribution is -0.384. The molecular weight excluding hydrogens is 436 g/mol. The zero-order valence-corrected chi connectivity index (χ0v) is 20.4. The molecule has 8 nitrogen and oxygen atoms in total. The number of rotatable bonds is 17. The number of benzene rings is 1. The third-order valence-corrected chi connectivity index (χ3v) is 6.00. The molecule has 1 saturated heterocycles. The number of carbonyl (C=O) groups excluding carboxylic acids is 1. The van der Waals surface area contributed by atoms with Crippen molar-refractivity contribution in [2.45, 2.75) is 83.5 Å². The van der Waals surface area contributed by atoms with Gasteiger partial charge < -0.3 is 19.5 Å². The Morgan fingerprint density at radius 2 is 2.00 bits per heavy atom. The fourth-order valence-electron chi connectivity index (χ4n) is 4.21. The molecule has 1 N–H and O–H groups in total.